The van der Waals surface area contributed by atoms with Crippen LogP contribution in [0.1, 0.15) is 42.1 Å². The largest absolute Gasteiger partial charge is 0.384 e. The number of aryl methyl sites for hydroxylation is 1. The summed E-state index contributed by atoms with van der Waals surface area (Å²) in [5.41, 5.74) is 8.35. The number of hydrogen-bond acceptors (Lipinski definition) is 5. The van der Waals surface area contributed by atoms with Crippen LogP contribution in [-0.2, 0) is 11.2 Å². The molecule has 0 saturated heterocycles. The molecule has 0 unspecified atom stereocenters. The van der Waals surface area contributed by atoms with Crippen molar-refractivity contribution in [1.29, 1.82) is 0 Å². The molecule has 0 spiro atoms. The van der Waals surface area contributed by atoms with Gasteiger partial charge in [0, 0.05) is 43.4 Å². The van der Waals surface area contributed by atoms with E-state index in [0.717, 1.165) is 5.56 Å². The summed E-state index contributed by atoms with van der Waals surface area (Å²) in [7, 11) is 1.56. The topological polar surface area (TPSA) is 89.2 Å². The molecule has 1 amide bonds. The minimum absolute atomic E-state index is 0.0338. The smallest absolute Gasteiger partial charge is 0.226 e. The zero-order valence-electron chi connectivity index (χ0n) is 17.6. The first-order valence-corrected chi connectivity index (χ1v) is 10.1. The van der Waals surface area contributed by atoms with Gasteiger partial charge >= 0.3 is 0 Å². The van der Waals surface area contributed by atoms with Crippen molar-refractivity contribution in [2.24, 2.45) is 0 Å². The highest BCUT2D eigenvalue weighted by molar-refractivity contribution is 5.96. The van der Waals surface area contributed by atoms with Crippen molar-refractivity contribution >= 4 is 23.2 Å². The van der Waals surface area contributed by atoms with Crippen molar-refractivity contribution < 1.29 is 14.0 Å². The Morgan fingerprint density at radius 1 is 1.03 bits per heavy atom. The maximum atomic E-state index is 14.6. The Hall–Kier alpha value is -3.61. The highest BCUT2D eigenvalue weighted by Crippen LogP contribution is 2.26. The number of nitrogens with zero attached hydrogens (tertiary/aromatic N) is 3. The van der Waals surface area contributed by atoms with Crippen molar-refractivity contribution in [3.63, 3.8) is 0 Å². The van der Waals surface area contributed by atoms with E-state index in [1.807, 2.05) is 13.0 Å². The van der Waals surface area contributed by atoms with E-state index in [2.05, 4.69) is 9.97 Å². The van der Waals surface area contributed by atoms with Crippen LogP contribution in [0.4, 0.5) is 15.9 Å². The summed E-state index contributed by atoms with van der Waals surface area (Å²) >= 11 is 0. The lowest BCUT2D eigenvalue weighted by molar-refractivity contribution is -0.118. The first-order valence-electron chi connectivity index (χ1n) is 10.1. The third-order valence-corrected chi connectivity index (χ3v) is 5.02. The Labute approximate surface area is 180 Å². The number of carbonyl (C=O) groups is 2. The van der Waals surface area contributed by atoms with Gasteiger partial charge in [-0.3, -0.25) is 14.6 Å². The highest BCUT2D eigenvalue weighted by atomic mass is 19.1. The number of ketones is 1. The van der Waals surface area contributed by atoms with Gasteiger partial charge in [0.2, 0.25) is 5.91 Å². The molecule has 2 aromatic heterocycles. The average Bonchev–Trinajstić information content (AvgIpc) is 2.78. The Bertz CT molecular complexity index is 1070. The zero-order chi connectivity index (χ0) is 22.4. The van der Waals surface area contributed by atoms with Gasteiger partial charge in [-0.25, -0.2) is 9.37 Å². The molecule has 3 aromatic rings. The second kappa shape index (κ2) is 9.93. The molecule has 0 aliphatic carbocycles. The molecule has 3 rings (SSSR count). The number of aromatic nitrogens is 2. The SMILES string of the molecule is CCCC(=O)N(C)c1ccc(-c2ccc(C(=O)CCc3ccc(N)nc3)cn2)cc1F. The second-order valence-corrected chi connectivity index (χ2v) is 7.32. The van der Waals surface area contributed by atoms with Crippen molar-refractivity contribution in [3.05, 3.63) is 71.8 Å². The number of Topliss-reactive ketones (excluding diaryl/α,β-unsaturated/α-hetero) is 1. The maximum Gasteiger partial charge on any atom is 0.226 e. The van der Waals surface area contributed by atoms with Gasteiger partial charge in [0.15, 0.2) is 5.78 Å². The second-order valence-electron chi connectivity index (χ2n) is 7.32. The minimum atomic E-state index is -0.497. The number of benzene rings is 1. The number of anilines is 2. The van der Waals surface area contributed by atoms with E-state index in [1.54, 1.807) is 43.6 Å². The van der Waals surface area contributed by atoms with Crippen LogP contribution in [0.15, 0.2) is 54.9 Å². The predicted molar refractivity (Wildman–Crippen MR) is 119 cm³/mol. The lowest BCUT2D eigenvalue weighted by Gasteiger charge is -2.18. The van der Waals surface area contributed by atoms with Crippen LogP contribution in [0.2, 0.25) is 0 Å². The zero-order valence-corrected chi connectivity index (χ0v) is 17.6. The fraction of sp³-hybridized carbons (Fsp3) is 0.250. The molecule has 0 atom stereocenters. The first-order chi connectivity index (χ1) is 14.9. The summed E-state index contributed by atoms with van der Waals surface area (Å²) in [5.74, 6) is -0.222. The van der Waals surface area contributed by atoms with Gasteiger partial charge in [-0.05, 0) is 48.7 Å². The molecule has 0 fully saturated rings. The molecule has 0 bridgehead atoms. The number of rotatable bonds is 8. The van der Waals surface area contributed by atoms with Crippen LogP contribution in [0.5, 0.6) is 0 Å². The molecule has 0 aliphatic rings. The van der Waals surface area contributed by atoms with E-state index in [0.29, 0.717) is 48.3 Å². The summed E-state index contributed by atoms with van der Waals surface area (Å²) in [4.78, 5) is 34.1. The van der Waals surface area contributed by atoms with Crippen LogP contribution in [0, 0.1) is 5.82 Å². The molecular formula is C24H25FN4O2. The minimum Gasteiger partial charge on any atom is -0.384 e. The molecule has 1 aromatic carbocycles. The third-order valence-electron chi connectivity index (χ3n) is 5.02. The lowest BCUT2D eigenvalue weighted by Crippen LogP contribution is -2.26. The number of carbonyl (C=O) groups excluding carboxylic acids is 2. The van der Waals surface area contributed by atoms with Gasteiger partial charge in [0.1, 0.15) is 11.6 Å². The van der Waals surface area contributed by atoms with Gasteiger partial charge < -0.3 is 10.6 Å². The predicted octanol–water partition coefficient (Wildman–Crippen LogP) is 4.44. The van der Waals surface area contributed by atoms with Crippen LogP contribution in [0.3, 0.4) is 0 Å². The summed E-state index contributed by atoms with van der Waals surface area (Å²) in [5, 5.41) is 0. The van der Waals surface area contributed by atoms with Crippen LogP contribution in [-0.4, -0.2) is 28.7 Å². The molecule has 6 nitrogen and oxygen atoms in total. The average molecular weight is 420 g/mol. The number of nitrogen functional groups attached to an aromatic ring is 1. The number of amides is 1. The summed E-state index contributed by atoms with van der Waals surface area (Å²) < 4.78 is 14.6. The fourth-order valence-electron chi connectivity index (χ4n) is 3.17. The summed E-state index contributed by atoms with van der Waals surface area (Å²) in [6, 6.07) is 11.6. The molecule has 0 radical (unpaired) electrons. The third kappa shape index (κ3) is 5.51. The Morgan fingerprint density at radius 2 is 1.84 bits per heavy atom. The monoisotopic (exact) mass is 420 g/mol. The quantitative estimate of drug-likeness (QED) is 0.544. The van der Waals surface area contributed by atoms with Crippen LogP contribution in [0.25, 0.3) is 11.3 Å². The van der Waals surface area contributed by atoms with Gasteiger partial charge in [0.25, 0.3) is 0 Å². The van der Waals surface area contributed by atoms with Gasteiger partial charge in [0.05, 0.1) is 11.4 Å². The molecule has 0 aliphatic heterocycles. The number of halogens is 1. The van der Waals surface area contributed by atoms with Crippen molar-refractivity contribution in [3.8, 4) is 11.3 Å². The molecule has 2 heterocycles. The molecular weight excluding hydrogens is 395 g/mol. The van der Waals surface area contributed by atoms with E-state index in [9.17, 15) is 14.0 Å². The number of nitrogens with two attached hydrogens (primary N) is 1. The molecule has 160 valence electrons. The van der Waals surface area contributed by atoms with Crippen molar-refractivity contribution in [1.82, 2.24) is 9.97 Å². The number of hydrogen-bond donors (Lipinski definition) is 1. The Morgan fingerprint density at radius 3 is 2.45 bits per heavy atom. The number of pyridine rings is 2. The van der Waals surface area contributed by atoms with E-state index in [4.69, 9.17) is 5.73 Å². The van der Waals surface area contributed by atoms with E-state index in [-0.39, 0.29) is 17.4 Å². The first kappa shape index (κ1) is 22.1. The van der Waals surface area contributed by atoms with Gasteiger partial charge in [-0.1, -0.05) is 19.1 Å². The summed E-state index contributed by atoms with van der Waals surface area (Å²) in [6.45, 7) is 1.90. The van der Waals surface area contributed by atoms with E-state index >= 15 is 0 Å². The Balaban J connectivity index is 1.67. The molecule has 7 heteroatoms. The van der Waals surface area contributed by atoms with Gasteiger partial charge in [-0.2, -0.15) is 0 Å². The van der Waals surface area contributed by atoms with Crippen LogP contribution >= 0.6 is 0 Å². The molecule has 31 heavy (non-hydrogen) atoms. The normalized spacial score (nSPS) is 10.7. The maximum absolute atomic E-state index is 14.6. The van der Waals surface area contributed by atoms with Gasteiger partial charge in [-0.15, -0.1) is 0 Å². The summed E-state index contributed by atoms with van der Waals surface area (Å²) in [6.07, 6.45) is 5.12. The van der Waals surface area contributed by atoms with Crippen molar-refractivity contribution in [2.75, 3.05) is 17.7 Å². The molecule has 0 saturated carbocycles. The highest BCUT2D eigenvalue weighted by Gasteiger charge is 2.15. The van der Waals surface area contributed by atoms with E-state index < -0.39 is 5.82 Å². The fourth-order valence-corrected chi connectivity index (χ4v) is 3.17. The molecule has 2 N–H and O–H groups in total. The standard InChI is InChI=1S/C24H25FN4O2/c1-3-4-24(31)29(2)21-10-8-17(13-19(21)25)20-9-7-18(15-27-20)22(30)11-5-16-6-12-23(26)28-14-16/h6-10,12-15H,3-5,11H2,1-2H3,(H2,26,28). The van der Waals surface area contributed by atoms with Crippen molar-refractivity contribution in [2.45, 2.75) is 32.6 Å². The Kier molecular flexibility index (Phi) is 7.07. The van der Waals surface area contributed by atoms with E-state index in [1.165, 1.54) is 17.2 Å². The van der Waals surface area contributed by atoms with Crippen LogP contribution < -0.4 is 10.6 Å². The lowest BCUT2D eigenvalue weighted by atomic mass is 10.0.